The fraction of sp³-hybridized carbons (Fsp3) is 0.357. The van der Waals surface area contributed by atoms with E-state index in [1.807, 2.05) is 26.2 Å². The SMILES string of the molecule is CNC(C)c1cnc(-c2ccc(OC)c(C)c2)s1. The molecule has 0 aliphatic rings. The molecule has 0 radical (unpaired) electrons. The second kappa shape index (κ2) is 5.50. The minimum atomic E-state index is 0.343. The fourth-order valence-corrected chi connectivity index (χ4v) is 2.75. The average Bonchev–Trinajstić information content (AvgIpc) is 2.87. The van der Waals surface area contributed by atoms with Gasteiger partial charge in [-0.1, -0.05) is 0 Å². The smallest absolute Gasteiger partial charge is 0.123 e. The van der Waals surface area contributed by atoms with E-state index in [4.69, 9.17) is 4.74 Å². The van der Waals surface area contributed by atoms with E-state index in [0.29, 0.717) is 6.04 Å². The first-order valence-corrected chi connectivity index (χ1v) is 6.75. The van der Waals surface area contributed by atoms with Crippen LogP contribution in [0.1, 0.15) is 23.4 Å². The second-order valence-electron chi connectivity index (χ2n) is 4.26. The van der Waals surface area contributed by atoms with Gasteiger partial charge in [0.2, 0.25) is 0 Å². The number of thiazole rings is 1. The summed E-state index contributed by atoms with van der Waals surface area (Å²) >= 11 is 1.73. The fourth-order valence-electron chi connectivity index (χ4n) is 1.77. The molecule has 96 valence electrons. The maximum Gasteiger partial charge on any atom is 0.123 e. The van der Waals surface area contributed by atoms with Crippen molar-refractivity contribution in [3.63, 3.8) is 0 Å². The van der Waals surface area contributed by atoms with Crippen molar-refractivity contribution in [1.82, 2.24) is 10.3 Å². The van der Waals surface area contributed by atoms with Crippen LogP contribution in [0.15, 0.2) is 24.4 Å². The standard InChI is InChI=1S/C14H18N2OS/c1-9-7-11(5-6-12(9)17-4)14-16-8-13(18-14)10(2)15-3/h5-8,10,15H,1-4H3. The van der Waals surface area contributed by atoms with Crippen molar-refractivity contribution in [2.24, 2.45) is 0 Å². The van der Waals surface area contributed by atoms with Gasteiger partial charge in [0.1, 0.15) is 10.8 Å². The number of methoxy groups -OCH3 is 1. The molecular formula is C14H18N2OS. The van der Waals surface area contributed by atoms with E-state index >= 15 is 0 Å². The maximum atomic E-state index is 5.27. The number of nitrogens with one attached hydrogen (secondary N) is 1. The number of hydrogen-bond acceptors (Lipinski definition) is 4. The zero-order valence-corrected chi connectivity index (χ0v) is 12.0. The van der Waals surface area contributed by atoms with Crippen molar-refractivity contribution in [3.05, 3.63) is 34.8 Å². The van der Waals surface area contributed by atoms with Crippen LogP contribution in [-0.4, -0.2) is 19.1 Å². The second-order valence-corrected chi connectivity index (χ2v) is 5.32. The van der Waals surface area contributed by atoms with Crippen LogP contribution in [0.5, 0.6) is 5.75 Å². The van der Waals surface area contributed by atoms with E-state index in [-0.39, 0.29) is 0 Å². The number of aromatic nitrogens is 1. The number of ether oxygens (including phenoxy) is 1. The highest BCUT2D eigenvalue weighted by Crippen LogP contribution is 2.31. The molecule has 0 bridgehead atoms. The molecule has 0 saturated carbocycles. The molecule has 1 N–H and O–H groups in total. The van der Waals surface area contributed by atoms with Gasteiger partial charge in [-0.15, -0.1) is 11.3 Å². The molecule has 3 nitrogen and oxygen atoms in total. The Bertz CT molecular complexity index is 536. The van der Waals surface area contributed by atoms with Crippen molar-refractivity contribution < 1.29 is 4.74 Å². The highest BCUT2D eigenvalue weighted by molar-refractivity contribution is 7.15. The molecule has 1 unspecified atom stereocenters. The Morgan fingerprint density at radius 2 is 2.17 bits per heavy atom. The van der Waals surface area contributed by atoms with Gasteiger partial charge < -0.3 is 10.1 Å². The number of hydrogen-bond donors (Lipinski definition) is 1. The molecular weight excluding hydrogens is 244 g/mol. The van der Waals surface area contributed by atoms with Crippen LogP contribution >= 0.6 is 11.3 Å². The lowest BCUT2D eigenvalue weighted by Crippen LogP contribution is -2.10. The summed E-state index contributed by atoms with van der Waals surface area (Å²) in [4.78, 5) is 5.74. The first-order chi connectivity index (χ1) is 8.65. The highest BCUT2D eigenvalue weighted by atomic mass is 32.1. The minimum Gasteiger partial charge on any atom is -0.496 e. The summed E-state index contributed by atoms with van der Waals surface area (Å²) < 4.78 is 5.27. The van der Waals surface area contributed by atoms with Crippen molar-refractivity contribution in [3.8, 4) is 16.3 Å². The van der Waals surface area contributed by atoms with Crippen molar-refractivity contribution in [2.45, 2.75) is 19.9 Å². The lowest BCUT2D eigenvalue weighted by molar-refractivity contribution is 0.412. The summed E-state index contributed by atoms with van der Waals surface area (Å²) in [6, 6.07) is 6.51. The van der Waals surface area contributed by atoms with Gasteiger partial charge in [0, 0.05) is 22.7 Å². The molecule has 1 heterocycles. The maximum absolute atomic E-state index is 5.27. The van der Waals surface area contributed by atoms with Crippen LogP contribution < -0.4 is 10.1 Å². The third-order valence-electron chi connectivity index (χ3n) is 3.03. The van der Waals surface area contributed by atoms with E-state index < -0.39 is 0 Å². The highest BCUT2D eigenvalue weighted by Gasteiger charge is 2.10. The average molecular weight is 262 g/mol. The number of benzene rings is 1. The quantitative estimate of drug-likeness (QED) is 0.917. The van der Waals surface area contributed by atoms with Gasteiger partial charge in [-0.05, 0) is 44.7 Å². The van der Waals surface area contributed by atoms with Crippen molar-refractivity contribution >= 4 is 11.3 Å². The Kier molecular flexibility index (Phi) is 3.99. The Morgan fingerprint density at radius 3 is 2.78 bits per heavy atom. The van der Waals surface area contributed by atoms with E-state index in [9.17, 15) is 0 Å². The molecule has 2 rings (SSSR count). The molecule has 1 atom stereocenters. The molecule has 4 heteroatoms. The predicted octanol–water partition coefficient (Wildman–Crippen LogP) is 3.41. The van der Waals surface area contributed by atoms with Crippen LogP contribution in [0.2, 0.25) is 0 Å². The summed E-state index contributed by atoms with van der Waals surface area (Å²) in [6.45, 7) is 4.18. The molecule has 2 aromatic rings. The summed E-state index contributed by atoms with van der Waals surface area (Å²) in [6.07, 6.45) is 1.95. The first-order valence-electron chi connectivity index (χ1n) is 5.93. The molecule has 0 spiro atoms. The lowest BCUT2D eigenvalue weighted by atomic mass is 10.1. The zero-order valence-electron chi connectivity index (χ0n) is 11.2. The number of nitrogens with zero attached hydrogens (tertiary/aromatic N) is 1. The molecule has 0 aliphatic heterocycles. The van der Waals surface area contributed by atoms with Gasteiger partial charge in [-0.2, -0.15) is 0 Å². The van der Waals surface area contributed by atoms with Gasteiger partial charge in [-0.25, -0.2) is 4.98 Å². The first kappa shape index (κ1) is 13.1. The number of aryl methyl sites for hydroxylation is 1. The van der Waals surface area contributed by atoms with Crippen molar-refractivity contribution in [1.29, 1.82) is 0 Å². The molecule has 0 fully saturated rings. The minimum absolute atomic E-state index is 0.343. The molecule has 0 amide bonds. The van der Waals surface area contributed by atoms with E-state index in [1.54, 1.807) is 18.4 Å². The largest absolute Gasteiger partial charge is 0.496 e. The van der Waals surface area contributed by atoms with Gasteiger partial charge >= 0.3 is 0 Å². The van der Waals surface area contributed by atoms with Crippen LogP contribution in [0.4, 0.5) is 0 Å². The Labute approximate surface area is 112 Å². The molecule has 1 aromatic carbocycles. The number of rotatable bonds is 4. The summed E-state index contributed by atoms with van der Waals surface area (Å²) in [5.41, 5.74) is 2.28. The van der Waals surface area contributed by atoms with E-state index in [1.165, 1.54) is 4.88 Å². The molecule has 1 aromatic heterocycles. The van der Waals surface area contributed by atoms with Gasteiger partial charge in [0.25, 0.3) is 0 Å². The monoisotopic (exact) mass is 262 g/mol. The third kappa shape index (κ3) is 2.54. The molecule has 0 saturated heterocycles. The van der Waals surface area contributed by atoms with Gasteiger partial charge in [-0.3, -0.25) is 0 Å². The molecule has 18 heavy (non-hydrogen) atoms. The Balaban J connectivity index is 2.31. The van der Waals surface area contributed by atoms with E-state index in [0.717, 1.165) is 21.9 Å². The van der Waals surface area contributed by atoms with Crippen LogP contribution in [-0.2, 0) is 0 Å². The van der Waals surface area contributed by atoms with Gasteiger partial charge in [0.05, 0.1) is 7.11 Å². The zero-order chi connectivity index (χ0) is 13.1. The van der Waals surface area contributed by atoms with Gasteiger partial charge in [0.15, 0.2) is 0 Å². The topological polar surface area (TPSA) is 34.2 Å². The summed E-state index contributed by atoms with van der Waals surface area (Å²) in [5.74, 6) is 0.916. The predicted molar refractivity (Wildman–Crippen MR) is 76.3 cm³/mol. The Hall–Kier alpha value is -1.39. The summed E-state index contributed by atoms with van der Waals surface area (Å²) in [5, 5.41) is 4.28. The Morgan fingerprint density at radius 1 is 1.39 bits per heavy atom. The normalized spacial score (nSPS) is 12.4. The van der Waals surface area contributed by atoms with Crippen LogP contribution in [0, 0.1) is 6.92 Å². The third-order valence-corrected chi connectivity index (χ3v) is 4.25. The van der Waals surface area contributed by atoms with Crippen LogP contribution in [0.3, 0.4) is 0 Å². The van der Waals surface area contributed by atoms with Crippen molar-refractivity contribution in [2.75, 3.05) is 14.2 Å². The van der Waals surface area contributed by atoms with Crippen LogP contribution in [0.25, 0.3) is 10.6 Å². The summed E-state index contributed by atoms with van der Waals surface area (Å²) in [7, 11) is 3.65. The lowest BCUT2D eigenvalue weighted by Gasteiger charge is -2.06. The van der Waals surface area contributed by atoms with E-state index in [2.05, 4.69) is 29.4 Å². The molecule has 0 aliphatic carbocycles.